The van der Waals surface area contributed by atoms with Crippen LogP contribution in [0.3, 0.4) is 0 Å². The Morgan fingerprint density at radius 3 is 2.67 bits per heavy atom. The van der Waals surface area contributed by atoms with Gasteiger partial charge >= 0.3 is 6.03 Å². The smallest absolute Gasteiger partial charge is 0.321 e. The number of anilines is 1. The van der Waals surface area contributed by atoms with Gasteiger partial charge in [-0.15, -0.1) is 0 Å². The van der Waals surface area contributed by atoms with E-state index in [0.29, 0.717) is 21.1 Å². The highest BCUT2D eigenvalue weighted by Gasteiger charge is 2.40. The van der Waals surface area contributed by atoms with Crippen LogP contribution in [-0.2, 0) is 0 Å². The Kier molecular flexibility index (Phi) is 4.29. The predicted molar refractivity (Wildman–Crippen MR) is 86.2 cm³/mol. The van der Waals surface area contributed by atoms with E-state index in [1.807, 2.05) is 4.90 Å². The molecule has 4 nitrogen and oxygen atoms in total. The number of hydrogen-bond acceptors (Lipinski definition) is 2. The van der Waals surface area contributed by atoms with Crippen LogP contribution in [0.2, 0.25) is 10.0 Å². The molecule has 2 aliphatic rings. The highest BCUT2D eigenvalue weighted by molar-refractivity contribution is 6.42. The zero-order valence-corrected chi connectivity index (χ0v) is 13.3. The van der Waals surface area contributed by atoms with Crippen LogP contribution in [0.5, 0.6) is 0 Å². The summed E-state index contributed by atoms with van der Waals surface area (Å²) in [4.78, 5) is 14.3. The van der Waals surface area contributed by atoms with Crippen molar-refractivity contribution in [2.75, 3.05) is 31.5 Å². The molecule has 6 heteroatoms. The van der Waals surface area contributed by atoms with Gasteiger partial charge < -0.3 is 15.5 Å². The molecule has 2 fully saturated rings. The van der Waals surface area contributed by atoms with Crippen LogP contribution < -0.4 is 10.6 Å². The van der Waals surface area contributed by atoms with E-state index < -0.39 is 0 Å². The van der Waals surface area contributed by atoms with Crippen molar-refractivity contribution in [3.63, 3.8) is 0 Å². The van der Waals surface area contributed by atoms with Crippen molar-refractivity contribution in [2.45, 2.75) is 19.3 Å². The second kappa shape index (κ2) is 6.03. The van der Waals surface area contributed by atoms with Crippen LogP contribution in [0.1, 0.15) is 19.3 Å². The predicted octanol–water partition coefficient (Wildman–Crippen LogP) is 3.60. The number of carbonyl (C=O) groups excluding carboxylic acids is 1. The topological polar surface area (TPSA) is 44.4 Å². The first-order chi connectivity index (χ1) is 10.1. The minimum absolute atomic E-state index is 0.0520. The van der Waals surface area contributed by atoms with Gasteiger partial charge in [0.25, 0.3) is 0 Å². The Labute approximate surface area is 134 Å². The summed E-state index contributed by atoms with van der Waals surface area (Å²) in [7, 11) is 0. The van der Waals surface area contributed by atoms with Crippen molar-refractivity contribution in [3.05, 3.63) is 28.2 Å². The van der Waals surface area contributed by atoms with Gasteiger partial charge in [0.05, 0.1) is 10.0 Å². The van der Waals surface area contributed by atoms with E-state index in [2.05, 4.69) is 10.6 Å². The zero-order valence-electron chi connectivity index (χ0n) is 11.8. The molecule has 1 spiro atoms. The molecule has 2 amide bonds. The first kappa shape index (κ1) is 14.9. The Hall–Kier alpha value is -0.970. The lowest BCUT2D eigenvalue weighted by atomic mass is 9.78. The first-order valence-corrected chi connectivity index (χ1v) is 8.05. The zero-order chi connectivity index (χ0) is 14.9. The summed E-state index contributed by atoms with van der Waals surface area (Å²) in [6.07, 6.45) is 3.41. The third kappa shape index (κ3) is 3.28. The van der Waals surface area contributed by atoms with E-state index in [4.69, 9.17) is 23.2 Å². The lowest BCUT2D eigenvalue weighted by Gasteiger charge is -2.33. The van der Waals surface area contributed by atoms with Crippen LogP contribution in [0.15, 0.2) is 18.2 Å². The van der Waals surface area contributed by atoms with Crippen LogP contribution in [0.4, 0.5) is 10.5 Å². The van der Waals surface area contributed by atoms with Gasteiger partial charge in [0.1, 0.15) is 0 Å². The second-order valence-corrected chi connectivity index (χ2v) is 6.79. The summed E-state index contributed by atoms with van der Waals surface area (Å²) < 4.78 is 0. The molecule has 2 aliphatic heterocycles. The molecule has 114 valence electrons. The Morgan fingerprint density at radius 1 is 1.19 bits per heavy atom. The molecule has 0 aliphatic carbocycles. The number of carbonyl (C=O) groups is 1. The summed E-state index contributed by atoms with van der Waals surface area (Å²) in [5, 5.41) is 7.23. The molecule has 0 saturated carbocycles. The monoisotopic (exact) mass is 327 g/mol. The van der Waals surface area contributed by atoms with Crippen molar-refractivity contribution >= 4 is 34.9 Å². The minimum Gasteiger partial charge on any atom is -0.324 e. The number of rotatable bonds is 1. The molecule has 3 rings (SSSR count). The summed E-state index contributed by atoms with van der Waals surface area (Å²) in [6, 6.07) is 5.09. The third-order valence-electron chi connectivity index (χ3n) is 4.56. The summed E-state index contributed by atoms with van der Waals surface area (Å²) in [5.74, 6) is 0. The maximum absolute atomic E-state index is 12.4. The number of nitrogens with zero attached hydrogens (tertiary/aromatic N) is 1. The lowest BCUT2D eigenvalue weighted by Crippen LogP contribution is -2.40. The van der Waals surface area contributed by atoms with Crippen LogP contribution >= 0.6 is 23.2 Å². The first-order valence-electron chi connectivity index (χ1n) is 7.30. The Morgan fingerprint density at radius 2 is 1.95 bits per heavy atom. The summed E-state index contributed by atoms with van der Waals surface area (Å²) in [6.45, 7) is 3.79. The van der Waals surface area contributed by atoms with Gasteiger partial charge in [0.15, 0.2) is 0 Å². The normalized spacial score (nSPS) is 20.8. The largest absolute Gasteiger partial charge is 0.324 e. The van der Waals surface area contributed by atoms with Crippen molar-refractivity contribution in [1.29, 1.82) is 0 Å². The molecule has 2 N–H and O–H groups in total. The number of nitrogens with one attached hydrogen (secondary N) is 2. The fourth-order valence-corrected chi connectivity index (χ4v) is 3.55. The molecule has 0 radical (unpaired) electrons. The lowest BCUT2D eigenvalue weighted by molar-refractivity contribution is 0.191. The van der Waals surface area contributed by atoms with Gasteiger partial charge in [-0.25, -0.2) is 4.79 Å². The molecule has 2 heterocycles. The van der Waals surface area contributed by atoms with Crippen LogP contribution in [0.25, 0.3) is 0 Å². The molecule has 0 atom stereocenters. The Balaban J connectivity index is 1.62. The molecule has 1 aromatic carbocycles. The highest BCUT2D eigenvalue weighted by atomic mass is 35.5. The van der Waals surface area contributed by atoms with Crippen LogP contribution in [-0.4, -0.2) is 37.1 Å². The van der Waals surface area contributed by atoms with Gasteiger partial charge in [-0.1, -0.05) is 23.2 Å². The molecule has 21 heavy (non-hydrogen) atoms. The van der Waals surface area contributed by atoms with Crippen molar-refractivity contribution < 1.29 is 4.79 Å². The number of benzene rings is 1. The maximum atomic E-state index is 12.4. The molecule has 0 aromatic heterocycles. The number of urea groups is 1. The summed E-state index contributed by atoms with van der Waals surface area (Å²) >= 11 is 11.9. The second-order valence-electron chi connectivity index (χ2n) is 5.98. The molecule has 1 aromatic rings. The van der Waals surface area contributed by atoms with Gasteiger partial charge in [-0.2, -0.15) is 0 Å². The van der Waals surface area contributed by atoms with Crippen LogP contribution in [0, 0.1) is 5.41 Å². The third-order valence-corrected chi connectivity index (χ3v) is 5.30. The number of likely N-dealkylation sites (tertiary alicyclic amines) is 1. The van der Waals surface area contributed by atoms with Gasteiger partial charge in [-0.3, -0.25) is 0 Å². The van der Waals surface area contributed by atoms with E-state index in [9.17, 15) is 4.79 Å². The quantitative estimate of drug-likeness (QED) is 0.827. The standard InChI is InChI=1S/C15H19Cl2N3O/c16-12-2-1-11(9-13(12)17)19-14(21)20-8-5-15(10-20)3-6-18-7-4-15/h1-2,9,18H,3-8,10H2,(H,19,21). The van der Waals surface area contributed by atoms with Crippen molar-refractivity contribution in [3.8, 4) is 0 Å². The highest BCUT2D eigenvalue weighted by Crippen LogP contribution is 2.38. The van der Waals surface area contributed by atoms with E-state index in [1.165, 1.54) is 0 Å². The fraction of sp³-hybridized carbons (Fsp3) is 0.533. The number of hydrogen-bond donors (Lipinski definition) is 2. The Bertz CT molecular complexity index is 544. The summed E-state index contributed by atoms with van der Waals surface area (Å²) in [5.41, 5.74) is 1.00. The van der Waals surface area contributed by atoms with E-state index in [1.54, 1.807) is 18.2 Å². The average molecular weight is 328 g/mol. The van der Waals surface area contributed by atoms with Crippen molar-refractivity contribution in [1.82, 2.24) is 10.2 Å². The molecule has 2 saturated heterocycles. The van der Waals surface area contributed by atoms with E-state index >= 15 is 0 Å². The molecular formula is C15H19Cl2N3O. The minimum atomic E-state index is -0.0520. The number of piperidine rings is 1. The SMILES string of the molecule is O=C(Nc1ccc(Cl)c(Cl)c1)N1CCC2(CCNCC2)C1. The van der Waals surface area contributed by atoms with Gasteiger partial charge in [0.2, 0.25) is 0 Å². The van der Waals surface area contributed by atoms with Gasteiger partial charge in [0, 0.05) is 18.8 Å². The molecule has 0 bridgehead atoms. The fourth-order valence-electron chi connectivity index (χ4n) is 3.25. The maximum Gasteiger partial charge on any atom is 0.321 e. The number of amides is 2. The molecular weight excluding hydrogens is 309 g/mol. The van der Waals surface area contributed by atoms with Crippen molar-refractivity contribution in [2.24, 2.45) is 5.41 Å². The molecule has 0 unspecified atom stereocenters. The van der Waals surface area contributed by atoms with E-state index in [-0.39, 0.29) is 6.03 Å². The van der Waals surface area contributed by atoms with Gasteiger partial charge in [-0.05, 0) is 56.0 Å². The van der Waals surface area contributed by atoms with E-state index in [0.717, 1.165) is 45.4 Å². The number of halogens is 2. The average Bonchev–Trinajstić information content (AvgIpc) is 2.87.